The maximum Gasteiger partial charge on any atom is 0.130 e. The third-order valence-electron chi connectivity index (χ3n) is 12.6. The first-order chi connectivity index (χ1) is 31.1. The van der Waals surface area contributed by atoms with Gasteiger partial charge in [-0.2, -0.15) is 10.5 Å². The number of ether oxygens (including phenoxy) is 1. The van der Waals surface area contributed by atoms with Gasteiger partial charge in [0.2, 0.25) is 0 Å². The van der Waals surface area contributed by atoms with E-state index in [1.165, 1.54) is 55.6 Å². The van der Waals surface area contributed by atoms with Crippen molar-refractivity contribution in [3.8, 4) is 40.1 Å². The van der Waals surface area contributed by atoms with Gasteiger partial charge in [-0.25, -0.2) is 0 Å². The standard InChI is InChI=1S/C58H44N4O/c1-2-61(44-25-19-40(20-26-44)37-41(38-59)39-60)35-36-63-48-33-31-47(32-34-48)62(45-27-21-42(22-28-45)57-53-15-7-3-11-49(53)50-12-4-8-16-54(50)57)46-29-23-43(24-30-46)58-55-17-9-5-13-51(55)52-14-6-10-18-56(52)58/h3-34,37,57-58H,2,35-36H2,1H3. The zero-order valence-electron chi connectivity index (χ0n) is 35.0. The van der Waals surface area contributed by atoms with Gasteiger partial charge in [0, 0.05) is 41.1 Å². The Hall–Kier alpha value is -8.12. The summed E-state index contributed by atoms with van der Waals surface area (Å²) in [6, 6.07) is 73.6. The maximum absolute atomic E-state index is 9.13. The molecule has 0 aromatic heterocycles. The Balaban J connectivity index is 0.929. The number of allylic oxidation sites excluding steroid dienone is 1. The lowest BCUT2D eigenvalue weighted by atomic mass is 9.89. The lowest BCUT2D eigenvalue weighted by molar-refractivity contribution is 0.324. The van der Waals surface area contributed by atoms with Crippen molar-refractivity contribution >= 4 is 28.8 Å². The Bertz CT molecular complexity index is 2800. The number of anilines is 4. The van der Waals surface area contributed by atoms with Crippen LogP contribution < -0.4 is 14.5 Å². The number of benzene rings is 8. The van der Waals surface area contributed by atoms with E-state index < -0.39 is 0 Å². The van der Waals surface area contributed by atoms with Gasteiger partial charge in [-0.05, 0) is 135 Å². The smallest absolute Gasteiger partial charge is 0.130 e. The fourth-order valence-corrected chi connectivity index (χ4v) is 9.58. The molecule has 0 saturated heterocycles. The van der Waals surface area contributed by atoms with Crippen LogP contribution in [0.4, 0.5) is 22.7 Å². The molecule has 0 radical (unpaired) electrons. The largest absolute Gasteiger partial charge is 0.492 e. The molecule has 0 fully saturated rings. The highest BCUT2D eigenvalue weighted by molar-refractivity contribution is 5.83. The predicted molar refractivity (Wildman–Crippen MR) is 256 cm³/mol. The summed E-state index contributed by atoms with van der Waals surface area (Å²) in [5.41, 5.74) is 18.4. The highest BCUT2D eigenvalue weighted by Crippen LogP contribution is 2.50. The first-order valence-corrected chi connectivity index (χ1v) is 21.6. The zero-order chi connectivity index (χ0) is 42.7. The van der Waals surface area contributed by atoms with Crippen LogP contribution in [0.1, 0.15) is 57.7 Å². The van der Waals surface area contributed by atoms with Crippen LogP contribution in [0.5, 0.6) is 5.75 Å². The number of nitriles is 2. The Morgan fingerprint density at radius 2 is 0.873 bits per heavy atom. The zero-order valence-corrected chi connectivity index (χ0v) is 35.0. The van der Waals surface area contributed by atoms with E-state index in [0.29, 0.717) is 13.2 Å². The molecule has 0 aliphatic heterocycles. The second-order valence-electron chi connectivity index (χ2n) is 16.0. The van der Waals surface area contributed by atoms with Crippen LogP contribution in [0.3, 0.4) is 0 Å². The van der Waals surface area contributed by atoms with Crippen LogP contribution >= 0.6 is 0 Å². The molecule has 2 aliphatic carbocycles. The van der Waals surface area contributed by atoms with Crippen molar-refractivity contribution in [2.24, 2.45) is 0 Å². The summed E-state index contributed by atoms with van der Waals surface area (Å²) < 4.78 is 6.33. The van der Waals surface area contributed by atoms with Crippen molar-refractivity contribution in [1.82, 2.24) is 0 Å². The van der Waals surface area contributed by atoms with Crippen molar-refractivity contribution in [3.05, 3.63) is 239 Å². The van der Waals surface area contributed by atoms with Gasteiger partial charge in [0.1, 0.15) is 30.1 Å². The molecule has 0 saturated carbocycles. The molecule has 0 spiro atoms. The van der Waals surface area contributed by atoms with Gasteiger partial charge < -0.3 is 14.5 Å². The second-order valence-corrected chi connectivity index (χ2v) is 16.0. The Labute approximate surface area is 369 Å². The van der Waals surface area contributed by atoms with E-state index >= 15 is 0 Å². The molecule has 0 N–H and O–H groups in total. The van der Waals surface area contributed by atoms with Crippen LogP contribution in [0, 0.1) is 22.7 Å². The summed E-state index contributed by atoms with van der Waals surface area (Å²) in [6.45, 7) is 4.14. The molecule has 5 nitrogen and oxygen atoms in total. The van der Waals surface area contributed by atoms with Crippen molar-refractivity contribution in [2.75, 3.05) is 29.5 Å². The quantitative estimate of drug-likeness (QED) is 0.115. The van der Waals surface area contributed by atoms with E-state index in [9.17, 15) is 0 Å². The van der Waals surface area contributed by atoms with E-state index in [1.54, 1.807) is 6.08 Å². The van der Waals surface area contributed by atoms with Gasteiger partial charge in [0.15, 0.2) is 0 Å². The molecule has 5 heteroatoms. The lowest BCUT2D eigenvalue weighted by Gasteiger charge is -2.27. The van der Waals surface area contributed by atoms with Crippen LogP contribution in [-0.2, 0) is 0 Å². The average molecular weight is 813 g/mol. The van der Waals surface area contributed by atoms with Crippen LogP contribution in [0.25, 0.3) is 28.3 Å². The van der Waals surface area contributed by atoms with Crippen molar-refractivity contribution in [1.29, 1.82) is 10.5 Å². The molecule has 8 aromatic carbocycles. The molecule has 0 heterocycles. The number of fused-ring (bicyclic) bond motifs is 6. The number of rotatable bonds is 12. The molecule has 302 valence electrons. The van der Waals surface area contributed by atoms with Crippen molar-refractivity contribution in [2.45, 2.75) is 18.8 Å². The van der Waals surface area contributed by atoms with Crippen molar-refractivity contribution < 1.29 is 4.74 Å². The van der Waals surface area contributed by atoms with Crippen molar-refractivity contribution in [3.63, 3.8) is 0 Å². The molecule has 0 amide bonds. The Morgan fingerprint density at radius 1 is 0.492 bits per heavy atom. The highest BCUT2D eigenvalue weighted by Gasteiger charge is 2.31. The third kappa shape index (κ3) is 7.41. The summed E-state index contributed by atoms with van der Waals surface area (Å²) in [5, 5.41) is 18.3. The molecule has 0 bridgehead atoms. The van der Waals surface area contributed by atoms with E-state index in [2.05, 4.69) is 187 Å². The van der Waals surface area contributed by atoms with E-state index in [0.717, 1.165) is 40.6 Å². The number of nitrogens with zero attached hydrogens (tertiary/aromatic N) is 4. The number of likely N-dealkylation sites (N-methyl/N-ethyl adjacent to an activating group) is 1. The molecule has 0 atom stereocenters. The minimum atomic E-state index is 0.0862. The maximum atomic E-state index is 9.13. The second kappa shape index (κ2) is 17.1. The minimum absolute atomic E-state index is 0.0862. The molecule has 8 aromatic rings. The Kier molecular flexibility index (Phi) is 10.6. The van der Waals surface area contributed by atoms with Gasteiger partial charge in [0.05, 0.1) is 6.54 Å². The SMILES string of the molecule is CCN(CCOc1ccc(N(c2ccc(C3c4ccccc4-c4ccccc43)cc2)c2ccc(C3c4ccccc4-c4ccccc43)cc2)cc1)c1ccc(C=C(C#N)C#N)cc1. The monoisotopic (exact) mass is 812 g/mol. The fourth-order valence-electron chi connectivity index (χ4n) is 9.58. The Morgan fingerprint density at radius 3 is 1.27 bits per heavy atom. The minimum Gasteiger partial charge on any atom is -0.492 e. The van der Waals surface area contributed by atoms with Gasteiger partial charge in [0.25, 0.3) is 0 Å². The molecular formula is C58H44N4O. The summed E-state index contributed by atoms with van der Waals surface area (Å²) >= 11 is 0. The van der Waals surface area contributed by atoms with Crippen LogP contribution in [0.15, 0.2) is 200 Å². The summed E-state index contributed by atoms with van der Waals surface area (Å²) in [6.07, 6.45) is 1.60. The average Bonchev–Trinajstić information content (AvgIpc) is 3.87. The highest BCUT2D eigenvalue weighted by atomic mass is 16.5. The predicted octanol–water partition coefficient (Wildman–Crippen LogP) is 13.8. The van der Waals surface area contributed by atoms with Gasteiger partial charge in [-0.1, -0.05) is 133 Å². The molecule has 2 aliphatic rings. The number of hydrogen-bond donors (Lipinski definition) is 0. The van der Waals surface area contributed by atoms with Gasteiger partial charge >= 0.3 is 0 Å². The summed E-state index contributed by atoms with van der Waals surface area (Å²) in [4.78, 5) is 4.58. The molecule has 63 heavy (non-hydrogen) atoms. The first-order valence-electron chi connectivity index (χ1n) is 21.6. The van der Waals surface area contributed by atoms with Gasteiger partial charge in [-0.15, -0.1) is 0 Å². The summed E-state index contributed by atoms with van der Waals surface area (Å²) in [5.74, 6) is 1.17. The fraction of sp³-hybridized carbons (Fsp3) is 0.103. The topological polar surface area (TPSA) is 63.3 Å². The first kappa shape index (κ1) is 39.0. The lowest BCUT2D eigenvalue weighted by Crippen LogP contribution is -2.28. The van der Waals surface area contributed by atoms with E-state index in [4.69, 9.17) is 15.3 Å². The van der Waals surface area contributed by atoms with Crippen LogP contribution in [-0.4, -0.2) is 19.7 Å². The van der Waals surface area contributed by atoms with Crippen LogP contribution in [0.2, 0.25) is 0 Å². The normalized spacial score (nSPS) is 12.2. The molecule has 10 rings (SSSR count). The number of hydrogen-bond acceptors (Lipinski definition) is 5. The van der Waals surface area contributed by atoms with Gasteiger partial charge in [-0.3, -0.25) is 0 Å². The third-order valence-corrected chi connectivity index (χ3v) is 12.6. The molecule has 0 unspecified atom stereocenters. The van der Waals surface area contributed by atoms with E-state index in [-0.39, 0.29) is 17.4 Å². The summed E-state index contributed by atoms with van der Waals surface area (Å²) in [7, 11) is 0. The molecular weight excluding hydrogens is 769 g/mol. The van der Waals surface area contributed by atoms with E-state index in [1.807, 2.05) is 36.4 Å².